The summed E-state index contributed by atoms with van der Waals surface area (Å²) in [5, 5.41) is 37.5. The molecule has 2 saturated heterocycles. The molecule has 0 spiro atoms. The Morgan fingerprint density at radius 3 is 1.92 bits per heavy atom. The number of ether oxygens (including phenoxy) is 1. The molecule has 1 aromatic carbocycles. The van der Waals surface area contributed by atoms with Crippen LogP contribution in [-0.2, 0) is 73.5 Å². The molecule has 0 saturated carbocycles. The molecule has 525 valence electrons. The number of imidazole rings is 1. The van der Waals surface area contributed by atoms with Gasteiger partial charge in [-0.2, -0.15) is 5.70 Å². The van der Waals surface area contributed by atoms with Crippen LogP contribution < -0.4 is 44.6 Å². The zero-order valence-electron chi connectivity index (χ0n) is 55.9. The minimum atomic E-state index is -5.32. The molecule has 6 aliphatic rings. The number of aliphatic carboxylic acids is 1. The summed E-state index contributed by atoms with van der Waals surface area (Å²) in [6, 6.07) is 2.65. The summed E-state index contributed by atoms with van der Waals surface area (Å²) in [7, 11) is -5.32. The molecule has 0 aliphatic carbocycles. The van der Waals surface area contributed by atoms with Gasteiger partial charge in [-0.3, -0.25) is 57.9 Å². The number of aliphatic hydroxyl groups is 2. The smallest absolute Gasteiger partial charge is 0.300 e. The molecule has 11 unspecified atom stereocenters. The van der Waals surface area contributed by atoms with Crippen LogP contribution >= 0.6 is 7.82 Å². The maximum atomic E-state index is 14.4. The topological polar surface area (TPSA) is 502 Å². The minimum Gasteiger partial charge on any atom is -0.756 e. The average molecular weight is 1390 g/mol. The van der Waals surface area contributed by atoms with Crippen molar-refractivity contribution < 1.29 is 93.7 Å². The van der Waals surface area contributed by atoms with Crippen molar-refractivity contribution in [2.45, 2.75) is 196 Å². The monoisotopic (exact) mass is 1390 g/mol. The second-order valence-electron chi connectivity index (χ2n) is 27.5. The van der Waals surface area contributed by atoms with E-state index in [2.05, 4.69) is 10.3 Å². The van der Waals surface area contributed by atoms with Crippen LogP contribution in [-0.4, -0.2) is 138 Å². The molecule has 8 bridgehead atoms. The molecule has 1 radical (unpaired) electrons. The number of carboxylic acids is 1. The maximum Gasteiger partial charge on any atom is 0.300 e. The first-order valence-corrected chi connectivity index (χ1v) is 32.9. The Labute approximate surface area is 562 Å². The Hall–Kier alpha value is -7.02. The predicted molar refractivity (Wildman–Crippen MR) is 345 cm³/mol. The minimum absolute atomic E-state index is 0. The molecule has 31 heteroatoms. The number of carboxylic acid groups (broad SMARTS) is 1. The van der Waals surface area contributed by atoms with Gasteiger partial charge in [-0.15, -0.1) is 0 Å². The van der Waals surface area contributed by atoms with Crippen molar-refractivity contribution in [3.63, 3.8) is 0 Å². The largest absolute Gasteiger partial charge is 0.756 e. The van der Waals surface area contributed by atoms with E-state index < -0.39 is 149 Å². The maximum absolute atomic E-state index is 14.4. The first-order valence-electron chi connectivity index (χ1n) is 31.4. The zero-order chi connectivity index (χ0) is 70.3. The number of hydrogen-bond acceptors (Lipinski definition) is 19. The van der Waals surface area contributed by atoms with Crippen molar-refractivity contribution >= 4 is 83.3 Å². The van der Waals surface area contributed by atoms with Crippen molar-refractivity contribution in [2.75, 3.05) is 13.2 Å². The van der Waals surface area contributed by atoms with Crippen LogP contribution in [0.4, 0.5) is 0 Å². The molecule has 16 N–H and O–H groups in total. The SMILES string of the molecule is CC(=O)O.CC1=C2N=C(C=C3N=C(C(C)=C4[N-][C@@](C)(C5N=C1[C@](C)(CCC(=O)NCC(C)OP(=O)([O-])OC1C(CO)OC(n6cnc7cc(C)c(C)cc76)C1O)C5CC(N)=O)[C@@](C)(CC(N)=O)C4CCC(N)=O)[C@@](C)(CC(N)=O)C3CCC(N)=O)C(C)(C)C2CCC(N)=O.[Co]. The molecule has 95 heavy (non-hydrogen) atoms. The number of aliphatic hydroxyl groups excluding tert-OH is 2. The van der Waals surface area contributed by atoms with Crippen molar-refractivity contribution in [2.24, 2.45) is 94.7 Å². The Bertz CT molecular complexity index is 3650. The fourth-order valence-corrected chi connectivity index (χ4v) is 16.4. The molecular weight excluding hydrogens is 1300 g/mol. The van der Waals surface area contributed by atoms with Gasteiger partial charge < -0.3 is 83.6 Å². The van der Waals surface area contributed by atoms with E-state index in [0.717, 1.165) is 18.1 Å². The second-order valence-corrected chi connectivity index (χ2v) is 28.8. The third-order valence-electron chi connectivity index (χ3n) is 20.5. The van der Waals surface area contributed by atoms with Gasteiger partial charge in [-0.25, -0.2) is 4.98 Å². The summed E-state index contributed by atoms with van der Waals surface area (Å²) in [6.45, 7) is 20.0. The van der Waals surface area contributed by atoms with Crippen LogP contribution in [0.1, 0.15) is 157 Å². The van der Waals surface area contributed by atoms with E-state index in [1.807, 2.05) is 80.5 Å². The number of hydrogen-bond donors (Lipinski definition) is 10. The van der Waals surface area contributed by atoms with Crippen LogP contribution in [0.5, 0.6) is 0 Å². The molecule has 7 amide bonds. The van der Waals surface area contributed by atoms with Gasteiger partial charge in [0.05, 0.1) is 30.1 Å². The number of benzene rings is 1. The van der Waals surface area contributed by atoms with E-state index in [0.29, 0.717) is 56.4 Å². The van der Waals surface area contributed by atoms with Crippen molar-refractivity contribution in [1.29, 1.82) is 0 Å². The standard InChI is InChI=1S/C62H90N13O14P.C2H4O2.Co/c1-29-20-39-40(21-30(29)2)75(28-70-39)57-52(84)53(41(27-76)87-57)89-90(85,86)88-31(3)26-69-49(83)18-19-59(8)37(22-46(66)80)56-62(11)61(10,25-48(68)82)36(14-17-45(65)79)51(74-62)33(5)55-60(9,24-47(67)81)34(12-15-43(63)77)38(71-55)23-42-58(6,7)35(13-16-44(64)78)50(72-42)32(4)54(59)73-56;1-2(3)4;/h20-21,23,28,31,34-37,41,52-53,56-57,76,84H,12-19,22,24-27H2,1-11H3,(H15,63,64,65,66,67,68,69,71,72,73,74,77,78,79,80,81,82,83,85,86);1H3,(H,3,4);/p-2/t31?,34?,35?,36?,37?,41?,52?,53?,56?,57?,59-,60+,61+,62+;;/m1../s1. The number of amides is 7. The molecule has 29 nitrogen and oxygen atoms in total. The number of nitrogens with one attached hydrogen (secondary N) is 1. The van der Waals surface area contributed by atoms with Gasteiger partial charge in [-0.1, -0.05) is 47.1 Å². The number of phosphoric acid groups is 1. The first kappa shape index (κ1) is 77.0. The Kier molecular flexibility index (Phi) is 23.8. The number of fused-ring (bicyclic) bond motifs is 7. The normalized spacial score (nSPS) is 30.6. The quantitative estimate of drug-likeness (QED) is 0.0603. The number of primary amides is 6. The number of aryl methyl sites for hydroxylation is 2. The van der Waals surface area contributed by atoms with Gasteiger partial charge in [0, 0.05) is 138 Å². The Morgan fingerprint density at radius 2 is 1.36 bits per heavy atom. The Balaban J connectivity index is 0.00000278. The van der Waals surface area contributed by atoms with Crippen LogP contribution in [0.25, 0.3) is 16.4 Å². The summed E-state index contributed by atoms with van der Waals surface area (Å²) in [6.07, 6.45) is -4.79. The fourth-order valence-electron chi connectivity index (χ4n) is 15.3. The number of aliphatic imine (C=N–C) groups is 3. The summed E-state index contributed by atoms with van der Waals surface area (Å²) in [5.74, 6) is -8.24. The fraction of sp³-hybridized carbons (Fsp3) is 0.625. The van der Waals surface area contributed by atoms with E-state index in [-0.39, 0.29) is 94.0 Å². The zero-order valence-corrected chi connectivity index (χ0v) is 57.8. The second kappa shape index (κ2) is 29.4. The molecule has 2 aromatic rings. The molecule has 15 atom stereocenters. The number of aromatic nitrogens is 2. The van der Waals surface area contributed by atoms with Crippen LogP contribution in [0, 0.1) is 59.2 Å². The predicted octanol–water partition coefficient (Wildman–Crippen LogP) is 3.40. The summed E-state index contributed by atoms with van der Waals surface area (Å²) in [5.41, 5.74) is 36.7. The van der Waals surface area contributed by atoms with E-state index in [4.69, 9.17) is 78.4 Å². The van der Waals surface area contributed by atoms with E-state index >= 15 is 0 Å². The number of carbonyl (C=O) groups excluding carboxylic acids is 7. The number of nitrogens with two attached hydrogens (primary N) is 6. The Morgan fingerprint density at radius 1 is 0.789 bits per heavy atom. The molecule has 8 rings (SSSR count). The van der Waals surface area contributed by atoms with Gasteiger partial charge in [0.15, 0.2) is 6.23 Å². The van der Waals surface area contributed by atoms with Crippen LogP contribution in [0.3, 0.4) is 0 Å². The molecule has 7 heterocycles. The number of phosphoric ester groups is 1. The number of nitrogens with zero attached hydrogens (tertiary/aromatic N) is 6. The van der Waals surface area contributed by atoms with Gasteiger partial charge in [0.25, 0.3) is 13.8 Å². The molecular formula is C64H92CoN13O16P-2. The molecule has 6 aliphatic heterocycles. The van der Waals surface area contributed by atoms with Gasteiger partial charge in [0.2, 0.25) is 41.4 Å². The number of rotatable bonds is 26. The van der Waals surface area contributed by atoms with E-state index in [1.54, 1.807) is 6.92 Å². The first-order chi connectivity index (χ1) is 43.6. The summed E-state index contributed by atoms with van der Waals surface area (Å²) < 4.78 is 31.9. The van der Waals surface area contributed by atoms with Crippen molar-refractivity contribution in [1.82, 2.24) is 14.9 Å². The number of carbonyl (C=O) groups is 8. The van der Waals surface area contributed by atoms with Crippen LogP contribution in [0.15, 0.2) is 67.8 Å². The summed E-state index contributed by atoms with van der Waals surface area (Å²) >= 11 is 0. The van der Waals surface area contributed by atoms with Crippen LogP contribution in [0.2, 0.25) is 0 Å². The third kappa shape index (κ3) is 15.7. The van der Waals surface area contributed by atoms with E-state index in [1.165, 1.54) is 17.8 Å². The molecule has 1 aromatic heterocycles. The number of allylic oxidation sites excluding steroid dienone is 6. The van der Waals surface area contributed by atoms with Gasteiger partial charge in [0.1, 0.15) is 18.3 Å². The van der Waals surface area contributed by atoms with Crippen molar-refractivity contribution in [3.8, 4) is 0 Å². The average Bonchev–Trinajstić information content (AvgIpc) is 1.53. The van der Waals surface area contributed by atoms with E-state index in [9.17, 15) is 53.2 Å². The third-order valence-corrected chi connectivity index (χ3v) is 21.6. The van der Waals surface area contributed by atoms with Crippen molar-refractivity contribution in [3.05, 3.63) is 69.2 Å². The summed E-state index contributed by atoms with van der Waals surface area (Å²) in [4.78, 5) is 137. The van der Waals surface area contributed by atoms with Gasteiger partial charge >= 0.3 is 0 Å². The van der Waals surface area contributed by atoms with Gasteiger partial charge in [-0.05, 0) is 118 Å². The molecule has 2 fully saturated rings.